The minimum atomic E-state index is -1.05. The molecule has 0 saturated heterocycles. The number of ether oxygens (including phenoxy) is 2. The van der Waals surface area contributed by atoms with Crippen molar-refractivity contribution in [2.75, 3.05) is 20.8 Å². The lowest BCUT2D eigenvalue weighted by Crippen LogP contribution is -2.45. The second kappa shape index (κ2) is 6.74. The number of hydrogen-bond donors (Lipinski definition) is 1. The van der Waals surface area contributed by atoms with Crippen molar-refractivity contribution in [2.24, 2.45) is 10.7 Å². The van der Waals surface area contributed by atoms with Crippen molar-refractivity contribution in [1.82, 2.24) is 4.90 Å². The highest BCUT2D eigenvalue weighted by molar-refractivity contribution is 6.07. The number of carbonyl (C=O) groups excluding carboxylic acids is 1. The van der Waals surface area contributed by atoms with Crippen LogP contribution in [0.3, 0.4) is 0 Å². The summed E-state index contributed by atoms with van der Waals surface area (Å²) in [6.07, 6.45) is 3.57. The zero-order valence-corrected chi connectivity index (χ0v) is 15.5. The number of aliphatic imine (C=N–C) groups is 1. The number of benzene rings is 1. The van der Waals surface area contributed by atoms with Gasteiger partial charge in [0.2, 0.25) is 0 Å². The number of nitrogens with two attached hydrogens (primary N) is 1. The number of fused-ring (bicyclic) bond motifs is 2. The van der Waals surface area contributed by atoms with Crippen molar-refractivity contribution in [3.63, 3.8) is 0 Å². The van der Waals surface area contributed by atoms with Gasteiger partial charge in [0.1, 0.15) is 17.6 Å². The van der Waals surface area contributed by atoms with E-state index in [-0.39, 0.29) is 18.0 Å². The summed E-state index contributed by atoms with van der Waals surface area (Å²) < 4.78 is 16.8. The first kappa shape index (κ1) is 17.6. The van der Waals surface area contributed by atoms with Crippen molar-refractivity contribution >= 4 is 11.9 Å². The van der Waals surface area contributed by atoms with Crippen molar-refractivity contribution in [3.8, 4) is 17.1 Å². The van der Waals surface area contributed by atoms with Gasteiger partial charge in [-0.3, -0.25) is 9.69 Å². The number of amides is 1. The number of nitrogens with zero attached hydrogens (tertiary/aromatic N) is 2. The highest BCUT2D eigenvalue weighted by atomic mass is 16.5. The standard InChI is InChI=1S/C20H23N3O4/c1-23-18(24)20(22-19(23)21)12-14(5-3-9-25-2)27-17-8-7-13(11-15(17)20)16-6-4-10-26-16/h4,6-8,10-11,14H,3,5,9,12H2,1-2H3,(H2,21,22)/t14-,20+/m1/s1. The van der Waals surface area contributed by atoms with Crippen LogP contribution in [0.4, 0.5) is 0 Å². The van der Waals surface area contributed by atoms with E-state index in [1.807, 2.05) is 30.3 Å². The Morgan fingerprint density at radius 2 is 2.26 bits per heavy atom. The Morgan fingerprint density at radius 3 is 2.93 bits per heavy atom. The van der Waals surface area contributed by atoms with Gasteiger partial charge in [-0.1, -0.05) is 0 Å². The van der Waals surface area contributed by atoms with Crippen LogP contribution in [0.2, 0.25) is 0 Å². The molecule has 4 rings (SSSR count). The van der Waals surface area contributed by atoms with Crippen molar-refractivity contribution < 1.29 is 18.7 Å². The van der Waals surface area contributed by atoms with Crippen LogP contribution in [-0.4, -0.2) is 43.6 Å². The molecule has 0 bridgehead atoms. The fourth-order valence-corrected chi connectivity index (χ4v) is 3.84. The van der Waals surface area contributed by atoms with Crippen LogP contribution in [0, 0.1) is 0 Å². The Bertz CT molecular complexity index is 877. The lowest BCUT2D eigenvalue weighted by Gasteiger charge is -2.37. The minimum absolute atomic E-state index is 0.127. The zero-order chi connectivity index (χ0) is 19.0. The van der Waals surface area contributed by atoms with E-state index in [1.54, 1.807) is 20.4 Å². The summed E-state index contributed by atoms with van der Waals surface area (Å²) >= 11 is 0. The second-order valence-corrected chi connectivity index (χ2v) is 6.96. The van der Waals surface area contributed by atoms with E-state index in [9.17, 15) is 4.79 Å². The lowest BCUT2D eigenvalue weighted by atomic mass is 9.80. The molecule has 27 heavy (non-hydrogen) atoms. The van der Waals surface area contributed by atoms with Gasteiger partial charge in [-0.05, 0) is 43.2 Å². The SMILES string of the molecule is COCCC[C@@H]1C[C@]2(N=C(N)N(C)C2=O)c2cc(-c3ccco3)ccc2O1. The number of likely N-dealkylation sites (N-methyl/N-ethyl adjacent to an activating group) is 1. The predicted octanol–water partition coefficient (Wildman–Crippen LogP) is 2.51. The van der Waals surface area contributed by atoms with Crippen molar-refractivity contribution in [3.05, 3.63) is 42.2 Å². The Kier molecular flexibility index (Phi) is 4.39. The van der Waals surface area contributed by atoms with Gasteiger partial charge < -0.3 is 19.6 Å². The monoisotopic (exact) mass is 369 g/mol. The molecule has 1 spiro atoms. The first-order valence-corrected chi connectivity index (χ1v) is 9.02. The van der Waals surface area contributed by atoms with Crippen molar-refractivity contribution in [1.29, 1.82) is 0 Å². The van der Waals surface area contributed by atoms with Crippen molar-refractivity contribution in [2.45, 2.75) is 30.9 Å². The molecule has 2 aliphatic heterocycles. The Labute approximate surface area is 157 Å². The molecule has 2 aliphatic rings. The van der Waals surface area contributed by atoms with Crippen LogP contribution in [-0.2, 0) is 15.1 Å². The second-order valence-electron chi connectivity index (χ2n) is 6.96. The third kappa shape index (κ3) is 2.88. The molecular weight excluding hydrogens is 346 g/mol. The molecule has 0 aliphatic carbocycles. The van der Waals surface area contributed by atoms with Crippen LogP contribution < -0.4 is 10.5 Å². The summed E-state index contributed by atoms with van der Waals surface area (Å²) in [6.45, 7) is 0.649. The van der Waals surface area contributed by atoms with Gasteiger partial charge in [-0.2, -0.15) is 0 Å². The maximum absolute atomic E-state index is 13.2. The fourth-order valence-electron chi connectivity index (χ4n) is 3.84. The number of methoxy groups -OCH3 is 1. The first-order chi connectivity index (χ1) is 13.0. The first-order valence-electron chi connectivity index (χ1n) is 9.02. The topological polar surface area (TPSA) is 90.3 Å². The third-order valence-corrected chi connectivity index (χ3v) is 5.23. The molecule has 7 heteroatoms. The molecule has 0 fully saturated rings. The molecule has 0 radical (unpaired) electrons. The normalized spacial score (nSPS) is 24.1. The quantitative estimate of drug-likeness (QED) is 0.818. The number of carbonyl (C=O) groups is 1. The van der Waals surface area contributed by atoms with Gasteiger partial charge in [-0.15, -0.1) is 0 Å². The molecule has 2 N–H and O–H groups in total. The van der Waals surface area contributed by atoms with Gasteiger partial charge in [0.15, 0.2) is 11.5 Å². The molecule has 3 heterocycles. The average molecular weight is 369 g/mol. The van der Waals surface area contributed by atoms with E-state index in [2.05, 4.69) is 4.99 Å². The van der Waals surface area contributed by atoms with Crippen LogP contribution in [0.5, 0.6) is 5.75 Å². The molecular formula is C20H23N3O4. The van der Waals surface area contributed by atoms with Crippen LogP contribution in [0.25, 0.3) is 11.3 Å². The van der Waals surface area contributed by atoms with Crippen LogP contribution >= 0.6 is 0 Å². The highest BCUT2D eigenvalue weighted by Gasteiger charge is 2.53. The summed E-state index contributed by atoms with van der Waals surface area (Å²) in [6, 6.07) is 9.45. The van der Waals surface area contributed by atoms with Gasteiger partial charge in [-0.25, -0.2) is 4.99 Å². The average Bonchev–Trinajstić information content (AvgIpc) is 3.27. The Hall–Kier alpha value is -2.80. The van der Waals surface area contributed by atoms with E-state index in [1.165, 1.54) is 4.90 Å². The molecule has 1 aromatic heterocycles. The number of rotatable bonds is 5. The largest absolute Gasteiger partial charge is 0.490 e. The molecule has 0 unspecified atom stereocenters. The predicted molar refractivity (Wildman–Crippen MR) is 100 cm³/mol. The molecule has 1 aromatic carbocycles. The van der Waals surface area contributed by atoms with Gasteiger partial charge in [0.25, 0.3) is 5.91 Å². The molecule has 142 valence electrons. The maximum Gasteiger partial charge on any atom is 0.261 e. The van der Waals surface area contributed by atoms with Crippen LogP contribution in [0.15, 0.2) is 46.0 Å². The van der Waals surface area contributed by atoms with E-state index in [0.29, 0.717) is 18.8 Å². The molecule has 7 nitrogen and oxygen atoms in total. The number of furan rings is 1. The zero-order valence-electron chi connectivity index (χ0n) is 15.5. The lowest BCUT2D eigenvalue weighted by molar-refractivity contribution is -0.132. The minimum Gasteiger partial charge on any atom is -0.490 e. The highest BCUT2D eigenvalue weighted by Crippen LogP contribution is 2.47. The van der Waals surface area contributed by atoms with E-state index in [0.717, 1.165) is 29.7 Å². The fraction of sp³-hybridized carbons (Fsp3) is 0.400. The smallest absolute Gasteiger partial charge is 0.261 e. The van der Waals surface area contributed by atoms with E-state index in [4.69, 9.17) is 19.6 Å². The van der Waals surface area contributed by atoms with Crippen LogP contribution in [0.1, 0.15) is 24.8 Å². The summed E-state index contributed by atoms with van der Waals surface area (Å²) in [5, 5.41) is 0. The summed E-state index contributed by atoms with van der Waals surface area (Å²) in [5.74, 6) is 1.50. The van der Waals surface area contributed by atoms with Gasteiger partial charge in [0, 0.05) is 38.3 Å². The summed E-state index contributed by atoms with van der Waals surface area (Å²) in [4.78, 5) is 19.2. The molecule has 1 amide bonds. The maximum atomic E-state index is 13.2. The summed E-state index contributed by atoms with van der Waals surface area (Å²) in [5.41, 5.74) is 6.56. The number of hydrogen-bond acceptors (Lipinski definition) is 6. The van der Waals surface area contributed by atoms with E-state index < -0.39 is 5.54 Å². The van der Waals surface area contributed by atoms with Gasteiger partial charge >= 0.3 is 0 Å². The van der Waals surface area contributed by atoms with E-state index >= 15 is 0 Å². The third-order valence-electron chi connectivity index (χ3n) is 5.23. The molecule has 2 atom stereocenters. The summed E-state index contributed by atoms with van der Waals surface area (Å²) in [7, 11) is 3.33. The number of guanidine groups is 1. The Balaban J connectivity index is 1.77. The van der Waals surface area contributed by atoms with Gasteiger partial charge in [0.05, 0.1) is 6.26 Å². The Morgan fingerprint density at radius 1 is 1.41 bits per heavy atom. The molecule has 2 aromatic rings. The molecule has 0 saturated carbocycles.